The second-order valence-corrected chi connectivity index (χ2v) is 12.3. The van der Waals surface area contributed by atoms with Crippen LogP contribution in [-0.2, 0) is 0 Å². The largest absolute Gasteiger partial charge is 0.207 e. The van der Waals surface area contributed by atoms with E-state index in [1.807, 2.05) is 6.07 Å². The van der Waals surface area contributed by atoms with E-state index in [-0.39, 0.29) is 5.82 Å². The smallest absolute Gasteiger partial charge is 0.126 e. The Morgan fingerprint density at radius 3 is 1.97 bits per heavy atom. The Kier molecular flexibility index (Phi) is 10.1. The van der Waals surface area contributed by atoms with Crippen molar-refractivity contribution in [3.05, 3.63) is 47.8 Å². The first-order chi connectivity index (χ1) is 16.7. The zero-order valence-electron chi connectivity index (χ0n) is 22.1. The third kappa shape index (κ3) is 6.98. The zero-order chi connectivity index (χ0) is 23.8. The van der Waals surface area contributed by atoms with Crippen molar-refractivity contribution in [3.8, 4) is 0 Å². The van der Waals surface area contributed by atoms with E-state index in [1.54, 1.807) is 0 Å². The van der Waals surface area contributed by atoms with Crippen LogP contribution in [0.15, 0.2) is 30.9 Å². The van der Waals surface area contributed by atoms with Gasteiger partial charge in [0.2, 0.25) is 0 Å². The van der Waals surface area contributed by atoms with E-state index >= 15 is 4.39 Å². The Morgan fingerprint density at radius 2 is 1.35 bits per heavy atom. The molecule has 0 amide bonds. The fourth-order valence-corrected chi connectivity index (χ4v) is 7.80. The fourth-order valence-electron chi connectivity index (χ4n) is 7.80. The van der Waals surface area contributed by atoms with E-state index in [0.717, 1.165) is 29.2 Å². The molecule has 3 aliphatic carbocycles. The van der Waals surface area contributed by atoms with Gasteiger partial charge >= 0.3 is 0 Å². The number of rotatable bonds is 10. The Labute approximate surface area is 210 Å². The molecule has 0 nitrogen and oxygen atoms in total. The first kappa shape index (κ1) is 26.0. The van der Waals surface area contributed by atoms with Crippen LogP contribution >= 0.6 is 0 Å². The molecule has 0 aromatic heterocycles. The lowest BCUT2D eigenvalue weighted by Crippen LogP contribution is -2.25. The minimum Gasteiger partial charge on any atom is -0.207 e. The van der Waals surface area contributed by atoms with Crippen LogP contribution in [0.2, 0.25) is 0 Å². The zero-order valence-corrected chi connectivity index (χ0v) is 22.1. The van der Waals surface area contributed by atoms with Gasteiger partial charge in [0.15, 0.2) is 0 Å². The molecule has 0 N–H and O–H groups in total. The molecular formula is C33H51F. The fraction of sp³-hybridized carbons (Fsp3) is 0.758. The van der Waals surface area contributed by atoms with Gasteiger partial charge in [-0.2, -0.15) is 0 Å². The molecule has 190 valence electrons. The van der Waals surface area contributed by atoms with Crippen molar-refractivity contribution in [2.45, 2.75) is 134 Å². The maximum atomic E-state index is 15.3. The lowest BCUT2D eigenvalue weighted by molar-refractivity contribution is 0.156. The van der Waals surface area contributed by atoms with Crippen molar-refractivity contribution < 1.29 is 4.39 Å². The maximum Gasteiger partial charge on any atom is 0.126 e. The maximum absolute atomic E-state index is 15.3. The molecule has 0 heterocycles. The van der Waals surface area contributed by atoms with Crippen molar-refractivity contribution >= 4 is 0 Å². The summed E-state index contributed by atoms with van der Waals surface area (Å²) in [6.45, 7) is 6.18. The van der Waals surface area contributed by atoms with E-state index in [9.17, 15) is 0 Å². The summed E-state index contributed by atoms with van der Waals surface area (Å²) in [5.41, 5.74) is 2.29. The number of benzene rings is 1. The van der Waals surface area contributed by atoms with Crippen LogP contribution in [0.25, 0.3) is 0 Å². The Hall–Kier alpha value is -1.11. The highest BCUT2D eigenvalue weighted by Crippen LogP contribution is 2.45. The summed E-state index contributed by atoms with van der Waals surface area (Å²) in [5.74, 6) is 4.82. The summed E-state index contributed by atoms with van der Waals surface area (Å²) < 4.78 is 15.3. The number of allylic oxidation sites excluding steroid dienone is 1. The third-order valence-electron chi connectivity index (χ3n) is 10.1. The van der Waals surface area contributed by atoms with Crippen molar-refractivity contribution in [1.29, 1.82) is 0 Å². The highest BCUT2D eigenvalue weighted by atomic mass is 19.1. The van der Waals surface area contributed by atoms with Gasteiger partial charge in [0, 0.05) is 0 Å². The first-order valence-electron chi connectivity index (χ1n) is 15.1. The van der Waals surface area contributed by atoms with Crippen molar-refractivity contribution in [2.75, 3.05) is 0 Å². The molecular weight excluding hydrogens is 415 g/mol. The van der Waals surface area contributed by atoms with Gasteiger partial charge in [-0.25, -0.2) is 4.39 Å². The van der Waals surface area contributed by atoms with E-state index < -0.39 is 0 Å². The van der Waals surface area contributed by atoms with Crippen molar-refractivity contribution in [1.82, 2.24) is 0 Å². The summed E-state index contributed by atoms with van der Waals surface area (Å²) in [7, 11) is 0. The molecule has 0 saturated heterocycles. The number of unbranched alkanes of at least 4 members (excludes halogenated alkanes) is 2. The molecule has 0 radical (unpaired) electrons. The van der Waals surface area contributed by atoms with Gasteiger partial charge in [-0.05, 0) is 130 Å². The van der Waals surface area contributed by atoms with Crippen LogP contribution in [0.3, 0.4) is 0 Å². The van der Waals surface area contributed by atoms with E-state index in [2.05, 4.69) is 31.7 Å². The lowest BCUT2D eigenvalue weighted by atomic mass is 9.68. The van der Waals surface area contributed by atoms with Crippen LogP contribution in [0.1, 0.15) is 145 Å². The highest BCUT2D eigenvalue weighted by Gasteiger charge is 2.32. The molecule has 1 aromatic carbocycles. The summed E-state index contributed by atoms with van der Waals surface area (Å²) >= 11 is 0. The average Bonchev–Trinajstić information content (AvgIpc) is 2.88. The van der Waals surface area contributed by atoms with Gasteiger partial charge in [0.1, 0.15) is 5.82 Å². The Balaban J connectivity index is 1.23. The summed E-state index contributed by atoms with van der Waals surface area (Å²) in [5, 5.41) is 0. The van der Waals surface area contributed by atoms with E-state index in [0.29, 0.717) is 11.8 Å². The van der Waals surface area contributed by atoms with E-state index in [1.165, 1.54) is 121 Å². The highest BCUT2D eigenvalue weighted by molar-refractivity contribution is 5.30. The van der Waals surface area contributed by atoms with Crippen LogP contribution in [-0.4, -0.2) is 0 Å². The van der Waals surface area contributed by atoms with Crippen molar-refractivity contribution in [3.63, 3.8) is 0 Å². The molecule has 0 atom stereocenters. The van der Waals surface area contributed by atoms with Gasteiger partial charge in [-0.3, -0.25) is 0 Å². The molecule has 3 aliphatic rings. The average molecular weight is 467 g/mol. The third-order valence-corrected chi connectivity index (χ3v) is 10.1. The second kappa shape index (κ2) is 13.3. The van der Waals surface area contributed by atoms with E-state index in [4.69, 9.17) is 0 Å². The molecule has 0 unspecified atom stereocenters. The second-order valence-electron chi connectivity index (χ2n) is 12.3. The molecule has 3 saturated carbocycles. The lowest BCUT2D eigenvalue weighted by Gasteiger charge is -2.38. The SMILES string of the molecule is C=CCCC1CCC(C2CCC(c3ccc(C4CCC(CCCCC)CC4)cc3F)CC2)CC1. The predicted molar refractivity (Wildman–Crippen MR) is 145 cm³/mol. The van der Waals surface area contributed by atoms with Gasteiger partial charge in [-0.15, -0.1) is 6.58 Å². The summed E-state index contributed by atoms with van der Waals surface area (Å²) in [4.78, 5) is 0. The van der Waals surface area contributed by atoms with Crippen LogP contribution in [0, 0.1) is 29.5 Å². The van der Waals surface area contributed by atoms with Gasteiger partial charge in [0.05, 0.1) is 0 Å². The standard InChI is InChI=1S/C33H51F/c1-3-5-7-9-26-12-16-29(17-13-26)31-22-23-32(33(34)24-31)30-20-18-28(19-21-30)27-14-10-25(11-15-27)8-6-4-2/h4,22-30H,2-3,5-21H2,1H3. The van der Waals surface area contributed by atoms with Gasteiger partial charge in [0.25, 0.3) is 0 Å². The van der Waals surface area contributed by atoms with Crippen LogP contribution in [0.4, 0.5) is 4.39 Å². The molecule has 34 heavy (non-hydrogen) atoms. The summed E-state index contributed by atoms with van der Waals surface area (Å²) in [6.07, 6.45) is 26.1. The Morgan fingerprint density at radius 1 is 0.765 bits per heavy atom. The monoisotopic (exact) mass is 466 g/mol. The molecule has 4 rings (SSSR count). The molecule has 0 spiro atoms. The predicted octanol–water partition coefficient (Wildman–Crippen LogP) is 10.7. The minimum absolute atomic E-state index is 0.0914. The van der Waals surface area contributed by atoms with Gasteiger partial charge in [-0.1, -0.05) is 63.7 Å². The topological polar surface area (TPSA) is 0 Å². The number of halogens is 1. The number of hydrogen-bond acceptors (Lipinski definition) is 0. The summed E-state index contributed by atoms with van der Waals surface area (Å²) in [6, 6.07) is 6.39. The molecule has 3 fully saturated rings. The Bertz CT molecular complexity index is 727. The molecule has 0 aliphatic heterocycles. The molecule has 1 aromatic rings. The minimum atomic E-state index is 0.0914. The van der Waals surface area contributed by atoms with Crippen LogP contribution in [0.5, 0.6) is 0 Å². The van der Waals surface area contributed by atoms with Crippen molar-refractivity contribution in [2.24, 2.45) is 23.7 Å². The van der Waals surface area contributed by atoms with Gasteiger partial charge < -0.3 is 0 Å². The normalized spacial score (nSPS) is 32.4. The van der Waals surface area contributed by atoms with Crippen LogP contribution < -0.4 is 0 Å². The first-order valence-corrected chi connectivity index (χ1v) is 15.1. The number of hydrogen-bond donors (Lipinski definition) is 0. The molecule has 0 bridgehead atoms. The quantitative estimate of drug-likeness (QED) is 0.237. The molecule has 1 heteroatoms.